The second-order valence-electron chi connectivity index (χ2n) is 2.59. The number of ether oxygens (including phenoxy) is 1. The average Bonchev–Trinajstić information content (AvgIpc) is 2.07. The van der Waals surface area contributed by atoms with Crippen LogP contribution in [-0.4, -0.2) is 11.3 Å². The van der Waals surface area contributed by atoms with E-state index in [0.29, 0.717) is 6.07 Å². The number of nitrogens with zero attached hydrogens (tertiary/aromatic N) is 1. The molecular weight excluding hydrogens is 259 g/mol. The van der Waals surface area contributed by atoms with E-state index in [0.717, 1.165) is 0 Å². The first kappa shape index (κ1) is 12.8. The molecule has 0 aliphatic carbocycles. The third-order valence-corrected chi connectivity index (χ3v) is 1.73. The summed E-state index contributed by atoms with van der Waals surface area (Å²) in [6, 6.07) is 0.541. The molecule has 0 spiro atoms. The Labute approximate surface area is 91.0 Å². The Morgan fingerprint density at radius 1 is 1.38 bits per heavy atom. The molecule has 0 aliphatic heterocycles. The lowest BCUT2D eigenvalue weighted by Crippen LogP contribution is -2.18. The average molecular weight is 263 g/mol. The summed E-state index contributed by atoms with van der Waals surface area (Å²) in [5, 5.41) is -0.650. The van der Waals surface area contributed by atoms with Crippen molar-refractivity contribution in [1.82, 2.24) is 4.98 Å². The lowest BCUT2D eigenvalue weighted by Gasteiger charge is -2.12. The van der Waals surface area contributed by atoms with Gasteiger partial charge in [-0.15, -0.1) is 13.2 Å². The maximum absolute atomic E-state index is 12.2. The summed E-state index contributed by atoms with van der Waals surface area (Å²) in [4.78, 5) is 3.03. The fourth-order valence-corrected chi connectivity index (χ4v) is 1.08. The van der Waals surface area contributed by atoms with Crippen LogP contribution in [0.1, 0.15) is 12.1 Å². The van der Waals surface area contributed by atoms with Crippen LogP contribution in [0, 0.1) is 0 Å². The molecule has 1 aromatic heterocycles. The number of halogens is 6. The molecule has 1 rings (SSSR count). The molecule has 90 valence electrons. The van der Waals surface area contributed by atoms with Gasteiger partial charge in [-0.05, 0) is 0 Å². The van der Waals surface area contributed by atoms with Gasteiger partial charge in [0.05, 0.1) is 5.02 Å². The van der Waals surface area contributed by atoms with E-state index in [-0.39, 0.29) is 0 Å². The van der Waals surface area contributed by atoms with Crippen molar-refractivity contribution in [3.05, 3.63) is 16.8 Å². The molecule has 0 fully saturated rings. The van der Waals surface area contributed by atoms with Crippen molar-refractivity contribution >= 4 is 17.4 Å². The fraction of sp³-hybridized carbons (Fsp3) is 0.286. The molecule has 1 aromatic rings. The van der Waals surface area contributed by atoms with Crippen LogP contribution in [0.2, 0.25) is 5.02 Å². The minimum absolute atomic E-state index is 0.541. The largest absolute Gasteiger partial charge is 0.573 e. The van der Waals surface area contributed by atoms with Gasteiger partial charge >= 0.3 is 6.36 Å². The quantitative estimate of drug-likeness (QED) is 0.833. The Hall–Kier alpha value is -1.31. The van der Waals surface area contributed by atoms with Crippen molar-refractivity contribution in [2.75, 3.05) is 5.73 Å². The summed E-state index contributed by atoms with van der Waals surface area (Å²) in [5.41, 5.74) is 4.11. The standard InChI is InChI=1S/C7H4ClF5N2O/c8-2-1-3(16-7(11,12)13)6(14)15-4(2)5(9)10/h1,5H,(H2,14,15). The first-order valence-corrected chi connectivity index (χ1v) is 4.08. The molecule has 0 saturated heterocycles. The number of aromatic nitrogens is 1. The number of anilines is 1. The molecule has 0 amide bonds. The van der Waals surface area contributed by atoms with Crippen LogP contribution in [0.25, 0.3) is 0 Å². The summed E-state index contributed by atoms with van der Waals surface area (Å²) in [7, 11) is 0. The lowest BCUT2D eigenvalue weighted by molar-refractivity contribution is -0.274. The summed E-state index contributed by atoms with van der Waals surface area (Å²) in [6.45, 7) is 0. The van der Waals surface area contributed by atoms with Crippen molar-refractivity contribution in [3.63, 3.8) is 0 Å². The zero-order valence-electron chi connectivity index (χ0n) is 7.36. The minimum atomic E-state index is -4.99. The van der Waals surface area contributed by atoms with Gasteiger partial charge in [0.1, 0.15) is 5.69 Å². The first-order chi connectivity index (χ1) is 7.20. The molecule has 2 N–H and O–H groups in total. The van der Waals surface area contributed by atoms with Crippen LogP contribution < -0.4 is 10.5 Å². The van der Waals surface area contributed by atoms with Gasteiger partial charge in [0.2, 0.25) is 0 Å². The minimum Gasteiger partial charge on any atom is -0.402 e. The van der Waals surface area contributed by atoms with E-state index >= 15 is 0 Å². The van der Waals surface area contributed by atoms with Crippen molar-refractivity contribution in [3.8, 4) is 5.75 Å². The summed E-state index contributed by atoms with van der Waals surface area (Å²) in [6.07, 6.45) is -8.03. The van der Waals surface area contributed by atoms with Gasteiger partial charge in [-0.1, -0.05) is 11.6 Å². The molecular formula is C7H4ClF5N2O. The number of nitrogens with two attached hydrogens (primary N) is 1. The zero-order valence-corrected chi connectivity index (χ0v) is 8.11. The van der Waals surface area contributed by atoms with E-state index in [2.05, 4.69) is 9.72 Å². The molecule has 0 atom stereocenters. The van der Waals surface area contributed by atoms with Crippen LogP contribution in [0.5, 0.6) is 5.75 Å². The molecule has 0 aromatic carbocycles. The number of nitrogen functional groups attached to an aromatic ring is 1. The van der Waals surface area contributed by atoms with Crippen LogP contribution in [0.15, 0.2) is 6.07 Å². The first-order valence-electron chi connectivity index (χ1n) is 3.70. The Balaban J connectivity index is 3.11. The highest BCUT2D eigenvalue weighted by Crippen LogP contribution is 2.34. The molecule has 0 aliphatic rings. The normalized spacial score (nSPS) is 11.9. The predicted octanol–water partition coefficient (Wildman–Crippen LogP) is 3.15. The number of pyridine rings is 1. The highest BCUT2D eigenvalue weighted by Gasteiger charge is 2.33. The van der Waals surface area contributed by atoms with E-state index in [9.17, 15) is 22.0 Å². The third-order valence-electron chi connectivity index (χ3n) is 1.43. The molecule has 0 radical (unpaired) electrons. The molecule has 3 nitrogen and oxygen atoms in total. The molecule has 16 heavy (non-hydrogen) atoms. The van der Waals surface area contributed by atoms with Gasteiger partial charge in [-0.2, -0.15) is 0 Å². The molecule has 0 saturated carbocycles. The van der Waals surface area contributed by atoms with Crippen molar-refractivity contribution in [2.24, 2.45) is 0 Å². The van der Waals surface area contributed by atoms with Gasteiger partial charge in [0.15, 0.2) is 11.6 Å². The molecule has 1 heterocycles. The van der Waals surface area contributed by atoms with E-state index in [1.165, 1.54) is 0 Å². The Kier molecular flexibility index (Phi) is 3.41. The second-order valence-corrected chi connectivity index (χ2v) is 2.99. The number of hydrogen-bond acceptors (Lipinski definition) is 3. The van der Waals surface area contributed by atoms with Crippen molar-refractivity contribution in [1.29, 1.82) is 0 Å². The van der Waals surface area contributed by atoms with Gasteiger partial charge < -0.3 is 10.5 Å². The van der Waals surface area contributed by atoms with Crippen molar-refractivity contribution in [2.45, 2.75) is 12.8 Å². The van der Waals surface area contributed by atoms with Gasteiger partial charge in [-0.25, -0.2) is 13.8 Å². The van der Waals surface area contributed by atoms with E-state index in [1.807, 2.05) is 0 Å². The van der Waals surface area contributed by atoms with Crippen LogP contribution in [0.3, 0.4) is 0 Å². The predicted molar refractivity (Wildman–Crippen MR) is 45.3 cm³/mol. The maximum atomic E-state index is 12.2. The molecule has 0 bridgehead atoms. The fourth-order valence-electron chi connectivity index (χ4n) is 0.861. The van der Waals surface area contributed by atoms with Crippen molar-refractivity contribution < 1.29 is 26.7 Å². The summed E-state index contributed by atoms with van der Waals surface area (Å²) >= 11 is 5.28. The Bertz CT molecular complexity index is 395. The topological polar surface area (TPSA) is 48.1 Å². The third kappa shape index (κ3) is 3.09. The lowest BCUT2D eigenvalue weighted by atomic mass is 10.3. The van der Waals surface area contributed by atoms with E-state index in [4.69, 9.17) is 17.3 Å². The van der Waals surface area contributed by atoms with Crippen LogP contribution in [0.4, 0.5) is 27.8 Å². The summed E-state index contributed by atoms with van der Waals surface area (Å²) < 4.78 is 63.3. The summed E-state index contributed by atoms with van der Waals surface area (Å²) in [5.74, 6) is -1.72. The number of rotatable bonds is 2. The van der Waals surface area contributed by atoms with E-state index < -0.39 is 35.1 Å². The number of alkyl halides is 5. The number of hydrogen-bond donors (Lipinski definition) is 1. The monoisotopic (exact) mass is 262 g/mol. The second kappa shape index (κ2) is 4.28. The Morgan fingerprint density at radius 2 is 1.94 bits per heavy atom. The van der Waals surface area contributed by atoms with Crippen LogP contribution in [-0.2, 0) is 0 Å². The zero-order chi connectivity index (χ0) is 12.5. The molecule has 0 unspecified atom stereocenters. The highest BCUT2D eigenvalue weighted by molar-refractivity contribution is 6.31. The highest BCUT2D eigenvalue weighted by atomic mass is 35.5. The van der Waals surface area contributed by atoms with Gasteiger partial charge in [0, 0.05) is 6.07 Å². The van der Waals surface area contributed by atoms with E-state index in [1.54, 1.807) is 0 Å². The van der Waals surface area contributed by atoms with Gasteiger partial charge in [0.25, 0.3) is 6.43 Å². The van der Waals surface area contributed by atoms with Crippen LogP contribution >= 0.6 is 11.6 Å². The maximum Gasteiger partial charge on any atom is 0.573 e. The SMILES string of the molecule is Nc1nc(C(F)F)c(Cl)cc1OC(F)(F)F. The molecule has 9 heteroatoms. The van der Waals surface area contributed by atoms with Gasteiger partial charge in [-0.3, -0.25) is 0 Å². The Morgan fingerprint density at radius 3 is 2.38 bits per heavy atom. The smallest absolute Gasteiger partial charge is 0.402 e.